The number of thioether (sulfide) groups is 1. The van der Waals surface area contributed by atoms with Crippen molar-refractivity contribution in [1.82, 2.24) is 4.98 Å². The van der Waals surface area contributed by atoms with Crippen molar-refractivity contribution in [3.05, 3.63) is 95.9 Å². The topological polar surface area (TPSA) is 89.6 Å². The first kappa shape index (κ1) is 27.2. The molecule has 4 aromatic carbocycles. The van der Waals surface area contributed by atoms with Gasteiger partial charge in [0.2, 0.25) is 5.91 Å². The summed E-state index contributed by atoms with van der Waals surface area (Å²) in [5.41, 5.74) is 2.84. The van der Waals surface area contributed by atoms with E-state index in [0.29, 0.717) is 27.9 Å². The van der Waals surface area contributed by atoms with Crippen LogP contribution in [0, 0.1) is 0 Å². The molecule has 1 atom stereocenters. The Morgan fingerprint density at radius 2 is 1.65 bits per heavy atom. The smallest absolute Gasteiger partial charge is 0.255 e. The zero-order chi connectivity index (χ0) is 28.1. The molecular weight excluding hydrogens is 542 g/mol. The molecule has 9 heteroatoms. The van der Waals surface area contributed by atoms with Gasteiger partial charge in [0.05, 0.1) is 25.2 Å². The van der Waals surface area contributed by atoms with Gasteiger partial charge < -0.3 is 20.1 Å². The third-order valence-electron chi connectivity index (χ3n) is 6.20. The quantitative estimate of drug-likeness (QED) is 0.180. The number of anilines is 2. The maximum absolute atomic E-state index is 12.9. The van der Waals surface area contributed by atoms with E-state index in [9.17, 15) is 9.59 Å². The molecule has 1 unspecified atom stereocenters. The van der Waals surface area contributed by atoms with E-state index >= 15 is 0 Å². The summed E-state index contributed by atoms with van der Waals surface area (Å²) in [4.78, 5) is 31.2. The molecule has 202 valence electrons. The van der Waals surface area contributed by atoms with E-state index in [1.165, 1.54) is 23.1 Å². The van der Waals surface area contributed by atoms with Crippen molar-refractivity contribution in [2.45, 2.75) is 17.1 Å². The second-order valence-corrected chi connectivity index (χ2v) is 11.2. The van der Waals surface area contributed by atoms with E-state index in [1.54, 1.807) is 14.2 Å². The number of thiazole rings is 1. The summed E-state index contributed by atoms with van der Waals surface area (Å²) in [6.07, 6.45) is 0. The number of hydrogen-bond acceptors (Lipinski definition) is 7. The van der Waals surface area contributed by atoms with Gasteiger partial charge in [-0.2, -0.15) is 0 Å². The molecule has 2 N–H and O–H groups in total. The maximum Gasteiger partial charge on any atom is 0.255 e. The maximum atomic E-state index is 12.9. The van der Waals surface area contributed by atoms with Crippen molar-refractivity contribution in [2.75, 3.05) is 24.9 Å². The summed E-state index contributed by atoms with van der Waals surface area (Å²) in [6.45, 7) is 1.84. The van der Waals surface area contributed by atoms with E-state index in [1.807, 2.05) is 97.2 Å². The second-order valence-electron chi connectivity index (χ2n) is 8.90. The first-order valence-corrected chi connectivity index (χ1v) is 14.2. The van der Waals surface area contributed by atoms with Crippen LogP contribution in [0.5, 0.6) is 11.5 Å². The van der Waals surface area contributed by atoms with Crippen molar-refractivity contribution >= 4 is 56.5 Å². The largest absolute Gasteiger partial charge is 0.493 e. The van der Waals surface area contributed by atoms with Crippen molar-refractivity contribution in [3.8, 4) is 22.8 Å². The van der Waals surface area contributed by atoms with Gasteiger partial charge in [0, 0.05) is 27.1 Å². The number of nitrogens with zero attached hydrogens (tertiary/aromatic N) is 1. The molecule has 40 heavy (non-hydrogen) atoms. The zero-order valence-electron chi connectivity index (χ0n) is 22.1. The minimum absolute atomic E-state index is 0.163. The van der Waals surface area contributed by atoms with Gasteiger partial charge in [-0.1, -0.05) is 36.4 Å². The van der Waals surface area contributed by atoms with Crippen molar-refractivity contribution in [2.24, 2.45) is 0 Å². The van der Waals surface area contributed by atoms with E-state index < -0.39 is 0 Å². The number of nitrogens with one attached hydrogen (secondary N) is 2. The minimum atomic E-state index is -0.389. The van der Waals surface area contributed by atoms with E-state index in [4.69, 9.17) is 9.47 Å². The number of ether oxygens (including phenoxy) is 2. The number of rotatable bonds is 9. The zero-order valence-corrected chi connectivity index (χ0v) is 23.8. The molecule has 0 radical (unpaired) electrons. The highest BCUT2D eigenvalue weighted by molar-refractivity contribution is 8.00. The molecule has 0 fully saturated rings. The highest BCUT2D eigenvalue weighted by Gasteiger charge is 2.18. The first-order valence-electron chi connectivity index (χ1n) is 12.5. The second kappa shape index (κ2) is 12.2. The molecule has 0 spiro atoms. The van der Waals surface area contributed by atoms with Gasteiger partial charge in [0.1, 0.15) is 0 Å². The fourth-order valence-electron chi connectivity index (χ4n) is 4.10. The molecule has 5 aromatic rings. The van der Waals surface area contributed by atoms with Crippen LogP contribution in [0.15, 0.2) is 95.2 Å². The number of carbonyl (C=O) groups is 2. The third-order valence-corrected chi connectivity index (χ3v) is 8.05. The van der Waals surface area contributed by atoms with Crippen LogP contribution in [0.25, 0.3) is 22.0 Å². The minimum Gasteiger partial charge on any atom is -0.493 e. The average molecular weight is 570 g/mol. The molecule has 5 rings (SSSR count). The highest BCUT2D eigenvalue weighted by Crippen LogP contribution is 2.34. The lowest BCUT2D eigenvalue weighted by molar-refractivity contribution is -0.115. The fraction of sp³-hybridized carbons (Fsp3) is 0.129. The summed E-state index contributed by atoms with van der Waals surface area (Å²) in [5, 5.41) is 9.97. The van der Waals surface area contributed by atoms with Crippen LogP contribution in [0.1, 0.15) is 17.3 Å². The first-order chi connectivity index (χ1) is 19.4. The molecule has 0 bridgehead atoms. The third kappa shape index (κ3) is 6.27. The van der Waals surface area contributed by atoms with E-state index in [0.717, 1.165) is 26.9 Å². The van der Waals surface area contributed by atoms with Gasteiger partial charge in [0.15, 0.2) is 16.6 Å². The van der Waals surface area contributed by atoms with Crippen molar-refractivity contribution in [3.63, 3.8) is 0 Å². The lowest BCUT2D eigenvalue weighted by atomic mass is 10.1. The number of amides is 2. The Balaban J connectivity index is 1.20. The fourth-order valence-corrected chi connectivity index (χ4v) is 5.75. The Labute approximate surface area is 240 Å². The molecule has 1 heterocycles. The molecule has 0 aliphatic carbocycles. The van der Waals surface area contributed by atoms with Crippen molar-refractivity contribution < 1.29 is 19.1 Å². The molecule has 1 aromatic heterocycles. The number of methoxy groups -OCH3 is 2. The standard InChI is InChI=1S/C31H27N3O4S2/c1-19(29(35)34-31-33-26(18-39-31)22-13-14-27(37-2)28(16-22)38-3)40-25-10-6-9-24(17-25)32-30(36)23-12-11-20-7-4-5-8-21(20)15-23/h4-19H,1-3H3,(H,32,36)(H,33,34,35). The predicted molar refractivity (Wildman–Crippen MR) is 163 cm³/mol. The highest BCUT2D eigenvalue weighted by atomic mass is 32.2. The van der Waals surface area contributed by atoms with Crippen LogP contribution in [0.3, 0.4) is 0 Å². The summed E-state index contributed by atoms with van der Waals surface area (Å²) in [7, 11) is 3.17. The molecule has 0 saturated carbocycles. The normalized spacial score (nSPS) is 11.6. The van der Waals surface area contributed by atoms with Crippen LogP contribution in [-0.4, -0.2) is 36.3 Å². The Kier molecular flexibility index (Phi) is 8.33. The Morgan fingerprint density at radius 1 is 0.850 bits per heavy atom. The summed E-state index contributed by atoms with van der Waals surface area (Å²) in [5.74, 6) is 0.897. The Hall–Kier alpha value is -4.34. The molecular formula is C31H27N3O4S2. The Morgan fingerprint density at radius 3 is 2.45 bits per heavy atom. The Bertz CT molecular complexity index is 1680. The van der Waals surface area contributed by atoms with Gasteiger partial charge >= 0.3 is 0 Å². The number of hydrogen-bond donors (Lipinski definition) is 2. The van der Waals surface area contributed by atoms with Crippen LogP contribution in [0.2, 0.25) is 0 Å². The van der Waals surface area contributed by atoms with Gasteiger partial charge in [-0.05, 0) is 66.2 Å². The van der Waals surface area contributed by atoms with E-state index in [-0.39, 0.29) is 17.1 Å². The van der Waals surface area contributed by atoms with Crippen LogP contribution in [0.4, 0.5) is 10.8 Å². The van der Waals surface area contributed by atoms with Crippen molar-refractivity contribution in [1.29, 1.82) is 0 Å². The SMILES string of the molecule is COc1ccc(-c2csc(NC(=O)C(C)Sc3cccc(NC(=O)c4ccc5ccccc5c4)c3)n2)cc1OC. The average Bonchev–Trinajstić information content (AvgIpc) is 3.45. The molecule has 0 saturated heterocycles. The number of fused-ring (bicyclic) bond motifs is 1. The van der Waals surface area contributed by atoms with Gasteiger partial charge in [-0.15, -0.1) is 23.1 Å². The number of aromatic nitrogens is 1. The van der Waals surface area contributed by atoms with Gasteiger partial charge in [0.25, 0.3) is 5.91 Å². The molecule has 7 nitrogen and oxygen atoms in total. The lowest BCUT2D eigenvalue weighted by Crippen LogP contribution is -2.22. The van der Waals surface area contributed by atoms with Gasteiger partial charge in [-0.3, -0.25) is 9.59 Å². The molecule has 0 aliphatic heterocycles. The molecule has 0 aliphatic rings. The van der Waals surface area contributed by atoms with Crippen LogP contribution in [-0.2, 0) is 4.79 Å². The number of benzene rings is 4. The van der Waals surface area contributed by atoms with Gasteiger partial charge in [-0.25, -0.2) is 4.98 Å². The summed E-state index contributed by atoms with van der Waals surface area (Å²) < 4.78 is 10.7. The van der Waals surface area contributed by atoms with E-state index in [2.05, 4.69) is 15.6 Å². The van der Waals surface area contributed by atoms with Crippen LogP contribution < -0.4 is 20.1 Å². The number of carbonyl (C=O) groups excluding carboxylic acids is 2. The predicted octanol–water partition coefficient (Wildman–Crippen LogP) is 7.35. The monoisotopic (exact) mass is 569 g/mol. The lowest BCUT2D eigenvalue weighted by Gasteiger charge is -2.12. The molecule has 2 amide bonds. The van der Waals surface area contributed by atoms with Crippen LogP contribution >= 0.6 is 23.1 Å². The summed E-state index contributed by atoms with van der Waals surface area (Å²) in [6, 6.07) is 26.6. The summed E-state index contributed by atoms with van der Waals surface area (Å²) >= 11 is 2.76.